The minimum Gasteiger partial charge on any atom is -0.324 e. The summed E-state index contributed by atoms with van der Waals surface area (Å²) in [5, 5.41) is 0.680. The van der Waals surface area contributed by atoms with Gasteiger partial charge in [0.05, 0.1) is 10.7 Å². The summed E-state index contributed by atoms with van der Waals surface area (Å²) in [4.78, 5) is 4.09. The topological polar surface area (TPSA) is 38.9 Å². The average molecular weight is 207 g/mol. The maximum Gasteiger partial charge on any atom is 0.0621 e. The number of aromatic nitrogens is 1. The van der Waals surface area contributed by atoms with Gasteiger partial charge in [0.2, 0.25) is 0 Å². The van der Waals surface area contributed by atoms with Gasteiger partial charge in [0, 0.05) is 12.2 Å². The van der Waals surface area contributed by atoms with E-state index in [1.807, 2.05) is 19.9 Å². The summed E-state index contributed by atoms with van der Waals surface area (Å²) in [6.07, 6.45) is 1.76. The van der Waals surface area contributed by atoms with E-state index in [4.69, 9.17) is 17.3 Å². The van der Waals surface area contributed by atoms with Gasteiger partial charge in [0.1, 0.15) is 0 Å². The molecule has 0 aliphatic heterocycles. The first-order valence-corrected chi connectivity index (χ1v) is 3.86. The first-order chi connectivity index (χ1) is 5.11. The van der Waals surface area contributed by atoms with Gasteiger partial charge in [-0.1, -0.05) is 11.6 Å². The van der Waals surface area contributed by atoms with E-state index in [-0.39, 0.29) is 18.4 Å². The average Bonchev–Trinajstić information content (AvgIpc) is 1.94. The Morgan fingerprint density at radius 1 is 1.58 bits per heavy atom. The molecule has 0 amide bonds. The van der Waals surface area contributed by atoms with Crippen LogP contribution in [0, 0.1) is 6.92 Å². The Labute approximate surface area is 83.5 Å². The van der Waals surface area contributed by atoms with Crippen molar-refractivity contribution in [1.29, 1.82) is 0 Å². The molecule has 1 heterocycles. The van der Waals surface area contributed by atoms with Crippen LogP contribution in [-0.4, -0.2) is 4.98 Å². The molecule has 12 heavy (non-hydrogen) atoms. The highest BCUT2D eigenvalue weighted by atomic mass is 35.5. The van der Waals surface area contributed by atoms with Crippen molar-refractivity contribution in [2.45, 2.75) is 19.9 Å². The van der Waals surface area contributed by atoms with Gasteiger partial charge < -0.3 is 5.73 Å². The van der Waals surface area contributed by atoms with Crippen LogP contribution in [0.1, 0.15) is 24.2 Å². The van der Waals surface area contributed by atoms with E-state index in [9.17, 15) is 0 Å². The Balaban J connectivity index is 0.00000121. The van der Waals surface area contributed by atoms with Crippen LogP contribution in [0.3, 0.4) is 0 Å². The summed E-state index contributed by atoms with van der Waals surface area (Å²) < 4.78 is 0. The molecule has 1 atom stereocenters. The molecular weight excluding hydrogens is 195 g/mol. The number of aryl methyl sites for hydroxylation is 1. The molecule has 4 heteroatoms. The van der Waals surface area contributed by atoms with Crippen molar-refractivity contribution >= 4 is 24.0 Å². The Bertz CT molecular complexity index is 261. The number of rotatable bonds is 1. The van der Waals surface area contributed by atoms with E-state index < -0.39 is 0 Å². The highest BCUT2D eigenvalue weighted by Gasteiger charge is 2.02. The number of nitrogens with zero attached hydrogens (tertiary/aromatic N) is 1. The van der Waals surface area contributed by atoms with Crippen molar-refractivity contribution in [3.63, 3.8) is 0 Å². The molecule has 0 unspecified atom stereocenters. The van der Waals surface area contributed by atoms with Gasteiger partial charge in [-0.05, 0) is 25.5 Å². The van der Waals surface area contributed by atoms with Gasteiger partial charge in [-0.15, -0.1) is 12.4 Å². The van der Waals surface area contributed by atoms with Gasteiger partial charge in [0.15, 0.2) is 0 Å². The van der Waals surface area contributed by atoms with Gasteiger partial charge in [0.25, 0.3) is 0 Å². The molecule has 0 aliphatic carbocycles. The Kier molecular flexibility index (Phi) is 4.53. The molecule has 0 aromatic carbocycles. The normalized spacial score (nSPS) is 12.0. The number of hydrogen-bond acceptors (Lipinski definition) is 2. The fourth-order valence-corrected chi connectivity index (χ4v) is 0.945. The highest BCUT2D eigenvalue weighted by Crippen LogP contribution is 2.17. The standard InChI is InChI=1S/C8H11ClN2.ClH/c1-5(10)7-3-8(9)6(2)11-4-7;/h3-5H,10H2,1-2H3;1H/t5-;/m1./s1. The fourth-order valence-electron chi connectivity index (χ4n) is 0.770. The zero-order valence-corrected chi connectivity index (χ0v) is 8.62. The lowest BCUT2D eigenvalue weighted by atomic mass is 10.1. The van der Waals surface area contributed by atoms with E-state index in [1.165, 1.54) is 0 Å². The smallest absolute Gasteiger partial charge is 0.0621 e. The third kappa shape index (κ3) is 2.63. The van der Waals surface area contributed by atoms with Crippen molar-refractivity contribution in [3.8, 4) is 0 Å². The zero-order chi connectivity index (χ0) is 8.43. The molecule has 0 fully saturated rings. The van der Waals surface area contributed by atoms with Gasteiger partial charge in [-0.25, -0.2) is 0 Å². The van der Waals surface area contributed by atoms with Crippen LogP contribution in [-0.2, 0) is 0 Å². The molecule has 0 saturated carbocycles. The molecule has 1 aromatic rings. The quantitative estimate of drug-likeness (QED) is 0.768. The second kappa shape index (κ2) is 4.65. The van der Waals surface area contributed by atoms with Gasteiger partial charge >= 0.3 is 0 Å². The molecule has 1 rings (SSSR count). The monoisotopic (exact) mass is 206 g/mol. The third-order valence-electron chi connectivity index (χ3n) is 1.57. The Morgan fingerprint density at radius 2 is 2.17 bits per heavy atom. The van der Waals surface area contributed by atoms with Crippen molar-refractivity contribution in [3.05, 3.63) is 28.5 Å². The van der Waals surface area contributed by atoms with Gasteiger partial charge in [-0.3, -0.25) is 4.98 Å². The van der Waals surface area contributed by atoms with Crippen molar-refractivity contribution < 1.29 is 0 Å². The summed E-state index contributed by atoms with van der Waals surface area (Å²) in [6.45, 7) is 3.77. The SMILES string of the molecule is Cc1ncc([C@@H](C)N)cc1Cl.Cl. The van der Waals surface area contributed by atoms with Crippen LogP contribution >= 0.6 is 24.0 Å². The van der Waals surface area contributed by atoms with E-state index >= 15 is 0 Å². The molecule has 0 spiro atoms. The number of pyridine rings is 1. The lowest BCUT2D eigenvalue weighted by Gasteiger charge is -2.05. The summed E-state index contributed by atoms with van der Waals surface area (Å²) >= 11 is 5.84. The van der Waals surface area contributed by atoms with Crippen LogP contribution < -0.4 is 5.73 Å². The molecule has 2 N–H and O–H groups in total. The van der Waals surface area contributed by atoms with Crippen molar-refractivity contribution in [2.75, 3.05) is 0 Å². The molecule has 0 bridgehead atoms. The molecule has 68 valence electrons. The number of halogens is 2. The first kappa shape index (κ1) is 11.7. The molecule has 0 aliphatic rings. The maximum atomic E-state index is 5.84. The van der Waals surface area contributed by atoms with E-state index in [1.54, 1.807) is 6.20 Å². The number of nitrogens with two attached hydrogens (primary N) is 1. The minimum atomic E-state index is 0. The zero-order valence-electron chi connectivity index (χ0n) is 7.04. The third-order valence-corrected chi connectivity index (χ3v) is 1.95. The summed E-state index contributed by atoms with van der Waals surface area (Å²) in [7, 11) is 0. The van der Waals surface area contributed by atoms with Crippen LogP contribution in [0.5, 0.6) is 0 Å². The summed E-state index contributed by atoms with van der Waals surface area (Å²) in [5.74, 6) is 0. The van der Waals surface area contributed by atoms with Crippen LogP contribution in [0.15, 0.2) is 12.3 Å². The minimum absolute atomic E-state index is 0. The molecule has 0 saturated heterocycles. The van der Waals surface area contributed by atoms with Crippen LogP contribution in [0.2, 0.25) is 5.02 Å². The predicted molar refractivity (Wildman–Crippen MR) is 53.8 cm³/mol. The highest BCUT2D eigenvalue weighted by molar-refractivity contribution is 6.31. The molecule has 2 nitrogen and oxygen atoms in total. The van der Waals surface area contributed by atoms with Gasteiger partial charge in [-0.2, -0.15) is 0 Å². The summed E-state index contributed by atoms with van der Waals surface area (Å²) in [6, 6.07) is 1.86. The molecule has 0 radical (unpaired) electrons. The Hall–Kier alpha value is -0.310. The van der Waals surface area contributed by atoms with E-state index in [0.717, 1.165) is 11.3 Å². The predicted octanol–water partition coefficient (Wildman–Crippen LogP) is 2.48. The van der Waals surface area contributed by atoms with Crippen LogP contribution in [0.4, 0.5) is 0 Å². The molecular formula is C8H12Cl2N2. The number of hydrogen-bond donors (Lipinski definition) is 1. The van der Waals surface area contributed by atoms with Crippen molar-refractivity contribution in [2.24, 2.45) is 5.73 Å². The fraction of sp³-hybridized carbons (Fsp3) is 0.375. The summed E-state index contributed by atoms with van der Waals surface area (Å²) in [5.41, 5.74) is 7.45. The lowest BCUT2D eigenvalue weighted by molar-refractivity contribution is 0.810. The van der Waals surface area contributed by atoms with E-state index in [2.05, 4.69) is 4.98 Å². The molecule has 1 aromatic heterocycles. The second-order valence-corrected chi connectivity index (χ2v) is 3.03. The first-order valence-electron chi connectivity index (χ1n) is 3.49. The maximum absolute atomic E-state index is 5.84. The van der Waals surface area contributed by atoms with Crippen molar-refractivity contribution in [1.82, 2.24) is 4.98 Å². The lowest BCUT2D eigenvalue weighted by Crippen LogP contribution is -2.05. The second-order valence-electron chi connectivity index (χ2n) is 2.62. The largest absolute Gasteiger partial charge is 0.324 e. The van der Waals surface area contributed by atoms with E-state index in [0.29, 0.717) is 5.02 Å². The van der Waals surface area contributed by atoms with Crippen LogP contribution in [0.25, 0.3) is 0 Å². The Morgan fingerprint density at radius 3 is 2.58 bits per heavy atom.